The number of hydrogen-bond acceptors (Lipinski definition) is 6. The van der Waals surface area contributed by atoms with Gasteiger partial charge in [0.05, 0.1) is 4.92 Å². The maximum atomic E-state index is 13.0. The molecule has 1 spiro atoms. The van der Waals surface area contributed by atoms with E-state index in [1.807, 2.05) is 0 Å². The van der Waals surface area contributed by atoms with Crippen LogP contribution in [0.4, 0.5) is 21.0 Å². The van der Waals surface area contributed by atoms with E-state index in [1.54, 1.807) is 20.8 Å². The maximum Gasteiger partial charge on any atom is 0.410 e. The molecule has 10 nitrogen and oxygen atoms in total. The van der Waals surface area contributed by atoms with Crippen LogP contribution in [0.1, 0.15) is 33.6 Å². The molecule has 0 aliphatic carbocycles. The smallest absolute Gasteiger partial charge is 0.410 e. The number of rotatable bonds is 2. The highest BCUT2D eigenvalue weighted by Gasteiger charge is 2.58. The van der Waals surface area contributed by atoms with E-state index >= 15 is 0 Å². The number of anilines is 1. The van der Waals surface area contributed by atoms with Gasteiger partial charge < -0.3 is 9.64 Å². The van der Waals surface area contributed by atoms with Gasteiger partial charge in [-0.15, -0.1) is 0 Å². The number of urea groups is 1. The van der Waals surface area contributed by atoms with E-state index < -0.39 is 28.2 Å². The molecular formula is C19H24N4O6. The average molecular weight is 404 g/mol. The average Bonchev–Trinajstić information content (AvgIpc) is 2.82. The Morgan fingerprint density at radius 1 is 1.14 bits per heavy atom. The summed E-state index contributed by atoms with van der Waals surface area (Å²) in [5.74, 6) is -0.343. The first-order valence-electron chi connectivity index (χ1n) is 9.31. The molecule has 0 atom stereocenters. The molecule has 0 unspecified atom stereocenters. The molecule has 1 aromatic carbocycles. The lowest BCUT2D eigenvalue weighted by atomic mass is 9.85. The number of nitro benzene ring substituents is 1. The number of nitro groups is 1. The third-order valence-electron chi connectivity index (χ3n) is 5.17. The first kappa shape index (κ1) is 20.6. The van der Waals surface area contributed by atoms with E-state index in [0.29, 0.717) is 5.69 Å². The van der Waals surface area contributed by atoms with Crippen LogP contribution in [-0.4, -0.2) is 64.0 Å². The molecule has 4 amide bonds. The summed E-state index contributed by atoms with van der Waals surface area (Å²) in [5, 5.41) is 10.9. The first-order chi connectivity index (χ1) is 13.5. The Morgan fingerprint density at radius 2 is 1.69 bits per heavy atom. The van der Waals surface area contributed by atoms with E-state index in [4.69, 9.17) is 4.74 Å². The van der Waals surface area contributed by atoms with Crippen molar-refractivity contribution in [2.24, 2.45) is 0 Å². The Labute approximate surface area is 168 Å². The quantitative estimate of drug-likeness (QED) is 0.425. The van der Waals surface area contributed by atoms with Gasteiger partial charge in [-0.1, -0.05) is 0 Å². The molecule has 2 aliphatic rings. The molecule has 0 radical (unpaired) electrons. The van der Waals surface area contributed by atoms with Gasteiger partial charge in [0, 0.05) is 38.0 Å². The lowest BCUT2D eigenvalue weighted by molar-refractivity contribution is -0.384. The summed E-state index contributed by atoms with van der Waals surface area (Å²) in [6.45, 7) is 5.85. The topological polar surface area (TPSA) is 113 Å². The first-order valence-corrected chi connectivity index (χ1v) is 9.31. The van der Waals surface area contributed by atoms with Crippen LogP contribution in [0.15, 0.2) is 24.3 Å². The number of non-ortho nitro benzene ring substituents is 1. The van der Waals surface area contributed by atoms with Gasteiger partial charge >= 0.3 is 12.1 Å². The highest BCUT2D eigenvalue weighted by molar-refractivity contribution is 6.16. The molecular weight excluding hydrogens is 380 g/mol. The van der Waals surface area contributed by atoms with Gasteiger partial charge in [0.25, 0.3) is 11.6 Å². The van der Waals surface area contributed by atoms with Crippen LogP contribution in [-0.2, 0) is 9.53 Å². The van der Waals surface area contributed by atoms with Gasteiger partial charge in [-0.25, -0.2) is 9.59 Å². The zero-order valence-electron chi connectivity index (χ0n) is 16.9. The van der Waals surface area contributed by atoms with E-state index in [2.05, 4.69) is 0 Å². The van der Waals surface area contributed by atoms with Crippen molar-refractivity contribution in [1.82, 2.24) is 9.80 Å². The fourth-order valence-corrected chi connectivity index (χ4v) is 3.73. The Bertz CT molecular complexity index is 852. The van der Waals surface area contributed by atoms with Gasteiger partial charge in [-0.3, -0.25) is 24.7 Å². The van der Waals surface area contributed by atoms with E-state index in [9.17, 15) is 24.5 Å². The SMILES string of the molecule is CN1C(=O)N(c2ccc([N+](=O)[O-])cc2)C2(CCN(C(=O)OC(C)(C)C)CC2)C1=O. The molecule has 3 rings (SSSR count). The van der Waals surface area contributed by atoms with Crippen molar-refractivity contribution in [2.45, 2.75) is 44.8 Å². The van der Waals surface area contributed by atoms with E-state index in [1.165, 1.54) is 41.1 Å². The second-order valence-corrected chi connectivity index (χ2v) is 8.25. The fourth-order valence-electron chi connectivity index (χ4n) is 3.73. The summed E-state index contributed by atoms with van der Waals surface area (Å²) >= 11 is 0. The fraction of sp³-hybridized carbons (Fsp3) is 0.526. The summed E-state index contributed by atoms with van der Waals surface area (Å²) in [5.41, 5.74) is -1.45. The minimum Gasteiger partial charge on any atom is -0.444 e. The Morgan fingerprint density at radius 3 is 2.17 bits per heavy atom. The number of imide groups is 1. The number of ether oxygens (including phenoxy) is 1. The molecule has 10 heteroatoms. The summed E-state index contributed by atoms with van der Waals surface area (Å²) in [7, 11) is 1.41. The van der Waals surface area contributed by atoms with Crippen LogP contribution in [0, 0.1) is 10.1 Å². The lowest BCUT2D eigenvalue weighted by Crippen LogP contribution is -2.58. The van der Waals surface area contributed by atoms with Crippen molar-refractivity contribution in [2.75, 3.05) is 25.0 Å². The number of amides is 4. The highest BCUT2D eigenvalue weighted by Crippen LogP contribution is 2.40. The highest BCUT2D eigenvalue weighted by atomic mass is 16.6. The molecule has 0 bridgehead atoms. The Balaban J connectivity index is 1.86. The second kappa shape index (κ2) is 7.02. The molecule has 1 aromatic rings. The molecule has 2 aliphatic heterocycles. The minimum atomic E-state index is -1.12. The molecule has 2 saturated heterocycles. The predicted molar refractivity (Wildman–Crippen MR) is 104 cm³/mol. The lowest BCUT2D eigenvalue weighted by Gasteiger charge is -2.42. The van der Waals surface area contributed by atoms with E-state index in [-0.39, 0.29) is 37.5 Å². The van der Waals surface area contributed by atoms with Gasteiger partial charge in [-0.05, 0) is 45.7 Å². The minimum absolute atomic E-state index is 0.103. The van der Waals surface area contributed by atoms with Crippen molar-refractivity contribution in [1.29, 1.82) is 0 Å². The van der Waals surface area contributed by atoms with Crippen molar-refractivity contribution in [3.05, 3.63) is 34.4 Å². The largest absolute Gasteiger partial charge is 0.444 e. The molecule has 0 saturated carbocycles. The van der Waals surface area contributed by atoms with Gasteiger partial charge in [-0.2, -0.15) is 0 Å². The normalized spacial score (nSPS) is 19.1. The summed E-state index contributed by atoms with van der Waals surface area (Å²) in [6, 6.07) is 5.04. The number of likely N-dealkylation sites (N-methyl/N-ethyl adjacent to an activating group) is 1. The zero-order chi connectivity index (χ0) is 21.6. The third kappa shape index (κ3) is 3.62. The van der Waals surface area contributed by atoms with Gasteiger partial charge in [0.1, 0.15) is 11.1 Å². The Kier molecular flexibility index (Phi) is 4.97. The summed E-state index contributed by atoms with van der Waals surface area (Å²) < 4.78 is 5.39. The second-order valence-electron chi connectivity index (χ2n) is 8.25. The number of carbonyl (C=O) groups is 3. The maximum absolute atomic E-state index is 13.0. The van der Waals surface area contributed by atoms with E-state index in [0.717, 1.165) is 4.90 Å². The van der Waals surface area contributed by atoms with Crippen LogP contribution in [0.2, 0.25) is 0 Å². The molecule has 2 fully saturated rings. The van der Waals surface area contributed by atoms with Gasteiger partial charge in [0.15, 0.2) is 0 Å². The molecule has 156 valence electrons. The number of carbonyl (C=O) groups excluding carboxylic acids is 3. The zero-order valence-corrected chi connectivity index (χ0v) is 16.9. The van der Waals surface area contributed by atoms with Crippen LogP contribution >= 0.6 is 0 Å². The number of piperidine rings is 1. The van der Waals surface area contributed by atoms with Crippen molar-refractivity contribution in [3.63, 3.8) is 0 Å². The standard InChI is InChI=1S/C19H24N4O6/c1-18(2,3)29-17(26)21-11-9-19(10-12-21)15(24)20(4)16(25)22(19)13-5-7-14(8-6-13)23(27)28/h5-8H,9-12H2,1-4H3. The Hall–Kier alpha value is -3.17. The number of benzene rings is 1. The summed E-state index contributed by atoms with van der Waals surface area (Å²) in [4.78, 5) is 52.5. The third-order valence-corrected chi connectivity index (χ3v) is 5.17. The molecule has 2 heterocycles. The number of nitrogens with zero attached hydrogens (tertiary/aromatic N) is 4. The van der Waals surface area contributed by atoms with Crippen LogP contribution in [0.5, 0.6) is 0 Å². The van der Waals surface area contributed by atoms with Crippen LogP contribution in [0.25, 0.3) is 0 Å². The van der Waals surface area contributed by atoms with Crippen LogP contribution < -0.4 is 4.90 Å². The number of hydrogen-bond donors (Lipinski definition) is 0. The van der Waals surface area contributed by atoms with Crippen LogP contribution in [0.3, 0.4) is 0 Å². The molecule has 0 N–H and O–H groups in total. The number of likely N-dealkylation sites (tertiary alicyclic amines) is 1. The molecule has 29 heavy (non-hydrogen) atoms. The van der Waals surface area contributed by atoms with Crippen molar-refractivity contribution < 1.29 is 24.0 Å². The predicted octanol–water partition coefficient (Wildman–Crippen LogP) is 2.76. The monoisotopic (exact) mass is 404 g/mol. The van der Waals surface area contributed by atoms with Crippen molar-refractivity contribution >= 4 is 29.4 Å². The summed E-state index contributed by atoms with van der Waals surface area (Å²) in [6.07, 6.45) is 0.0374. The molecule has 0 aromatic heterocycles. The van der Waals surface area contributed by atoms with Gasteiger partial charge in [0.2, 0.25) is 0 Å². The van der Waals surface area contributed by atoms with Crippen molar-refractivity contribution in [3.8, 4) is 0 Å².